The van der Waals surface area contributed by atoms with Crippen LogP contribution in [0.1, 0.15) is 33.3 Å². The lowest BCUT2D eigenvalue weighted by Crippen LogP contribution is -2.39. The molecule has 0 aliphatic rings. The summed E-state index contributed by atoms with van der Waals surface area (Å²) in [4.78, 5) is 35.0. The minimum Gasteiger partial charge on any atom is -0.444 e. The fourth-order valence-corrected chi connectivity index (χ4v) is 1.85. The minimum atomic E-state index is -0.651. The molecule has 7 heteroatoms. The molecular weight excluding hydrogens is 322 g/mol. The zero-order chi connectivity index (χ0) is 18.9. The number of hydrogen-bond donors (Lipinski definition) is 3. The highest BCUT2D eigenvalue weighted by Crippen LogP contribution is 2.14. The van der Waals surface area contributed by atoms with Crippen LogP contribution in [0, 0.1) is 0 Å². The summed E-state index contributed by atoms with van der Waals surface area (Å²) < 4.78 is 5.05. The highest BCUT2D eigenvalue weighted by atomic mass is 16.6. The third-order valence-corrected chi connectivity index (χ3v) is 2.86. The molecule has 1 aromatic rings. The van der Waals surface area contributed by atoms with Gasteiger partial charge in [0.05, 0.1) is 0 Å². The van der Waals surface area contributed by atoms with Crippen LogP contribution in [0.3, 0.4) is 0 Å². The first-order chi connectivity index (χ1) is 11.7. The van der Waals surface area contributed by atoms with E-state index in [0.717, 1.165) is 5.56 Å². The molecule has 0 aliphatic heterocycles. The number of ether oxygens (including phenoxy) is 1. The molecule has 1 aromatic carbocycles. The van der Waals surface area contributed by atoms with Crippen molar-refractivity contribution >= 4 is 23.6 Å². The van der Waals surface area contributed by atoms with Gasteiger partial charge in [0.2, 0.25) is 11.8 Å². The summed E-state index contributed by atoms with van der Waals surface area (Å²) in [5.74, 6) is -0.603. The van der Waals surface area contributed by atoms with Crippen LogP contribution in [-0.2, 0) is 20.9 Å². The molecule has 3 amide bonds. The van der Waals surface area contributed by atoms with Gasteiger partial charge in [-0.3, -0.25) is 9.59 Å². The topological polar surface area (TPSA) is 96.5 Å². The molecule has 136 valence electrons. The molecule has 0 saturated heterocycles. The van der Waals surface area contributed by atoms with Gasteiger partial charge < -0.3 is 20.7 Å². The average Bonchev–Trinajstić information content (AvgIpc) is 2.50. The van der Waals surface area contributed by atoms with Crippen LogP contribution in [0.5, 0.6) is 0 Å². The molecule has 0 aliphatic carbocycles. The molecule has 25 heavy (non-hydrogen) atoms. The maximum Gasteiger partial charge on any atom is 0.408 e. The first kappa shape index (κ1) is 20.2. The number of nitrogens with one attached hydrogen (secondary N) is 3. The van der Waals surface area contributed by atoms with Gasteiger partial charge in [0, 0.05) is 12.2 Å². The number of benzene rings is 1. The van der Waals surface area contributed by atoms with Crippen molar-refractivity contribution in [3.63, 3.8) is 0 Å². The molecule has 0 bridgehead atoms. The quantitative estimate of drug-likeness (QED) is 0.688. The fourth-order valence-electron chi connectivity index (χ4n) is 1.85. The van der Waals surface area contributed by atoms with Gasteiger partial charge in [0.1, 0.15) is 12.1 Å². The van der Waals surface area contributed by atoms with Crippen molar-refractivity contribution in [2.24, 2.45) is 0 Å². The Bertz CT molecular complexity index is 648. The predicted octanol–water partition coefficient (Wildman–Crippen LogP) is 2.34. The highest BCUT2D eigenvalue weighted by Gasteiger charge is 2.16. The number of alkyl carbamates (subject to hydrolysis) is 1. The van der Waals surface area contributed by atoms with Gasteiger partial charge in [-0.2, -0.15) is 0 Å². The van der Waals surface area contributed by atoms with Crippen molar-refractivity contribution < 1.29 is 19.1 Å². The molecule has 0 fully saturated rings. The second kappa shape index (κ2) is 9.46. The molecule has 1 rings (SSSR count). The van der Waals surface area contributed by atoms with Gasteiger partial charge in [-0.05, 0) is 45.4 Å². The van der Waals surface area contributed by atoms with Crippen LogP contribution >= 0.6 is 0 Å². The molecule has 0 radical (unpaired) electrons. The number of para-hydroxylation sites is 1. The van der Waals surface area contributed by atoms with Crippen LogP contribution in [0.25, 0.3) is 0 Å². The summed E-state index contributed by atoms with van der Waals surface area (Å²) in [5, 5.41) is 7.82. The number of carbonyl (C=O) groups excluding carboxylic acids is 3. The smallest absolute Gasteiger partial charge is 0.408 e. The van der Waals surface area contributed by atoms with E-state index < -0.39 is 11.7 Å². The summed E-state index contributed by atoms with van der Waals surface area (Å²) in [7, 11) is 0. The molecule has 0 aromatic heterocycles. The molecule has 0 atom stereocenters. The molecule has 3 N–H and O–H groups in total. The lowest BCUT2D eigenvalue weighted by molar-refractivity contribution is -0.120. The third kappa shape index (κ3) is 8.55. The van der Waals surface area contributed by atoms with Gasteiger partial charge in [0.15, 0.2) is 0 Å². The number of carbonyl (C=O) groups is 3. The number of anilines is 1. The lowest BCUT2D eigenvalue weighted by atomic mass is 10.1. The molecule has 0 saturated carbocycles. The Morgan fingerprint density at radius 3 is 2.44 bits per heavy atom. The third-order valence-electron chi connectivity index (χ3n) is 2.86. The van der Waals surface area contributed by atoms with Gasteiger partial charge in [-0.25, -0.2) is 4.79 Å². The van der Waals surface area contributed by atoms with E-state index in [2.05, 4.69) is 16.0 Å². The molecule has 0 unspecified atom stereocenters. The zero-order valence-corrected chi connectivity index (χ0v) is 15.0. The standard InChI is InChI=1S/C18H25N3O4/c1-5-8-15(22)21-14-10-7-6-9-13(14)11-19-16(23)12-20-17(24)25-18(2,3)4/h5-10H,11-12H2,1-4H3,(H,19,23)(H,20,24)(H,21,22)/b8-5+. The Balaban J connectivity index is 2.51. The van der Waals surface area contributed by atoms with Gasteiger partial charge in [0.25, 0.3) is 0 Å². The van der Waals surface area contributed by atoms with Crippen molar-refractivity contribution in [2.75, 3.05) is 11.9 Å². The predicted molar refractivity (Wildman–Crippen MR) is 96.0 cm³/mol. The van der Waals surface area contributed by atoms with Crippen molar-refractivity contribution in [3.8, 4) is 0 Å². The second-order valence-corrected chi connectivity index (χ2v) is 6.28. The van der Waals surface area contributed by atoms with Crippen molar-refractivity contribution in [2.45, 2.75) is 39.8 Å². The normalized spacial score (nSPS) is 11.0. The molecule has 7 nitrogen and oxygen atoms in total. The number of hydrogen-bond acceptors (Lipinski definition) is 4. The Hall–Kier alpha value is -2.83. The van der Waals surface area contributed by atoms with E-state index in [4.69, 9.17) is 4.74 Å². The Labute approximate surface area is 147 Å². The minimum absolute atomic E-state index is 0.192. The van der Waals surface area contributed by atoms with E-state index in [1.54, 1.807) is 52.0 Å². The Kier molecular flexibility index (Phi) is 7.65. The second-order valence-electron chi connectivity index (χ2n) is 6.28. The first-order valence-corrected chi connectivity index (χ1v) is 7.96. The van der Waals surface area contributed by atoms with E-state index in [1.165, 1.54) is 6.08 Å². The van der Waals surface area contributed by atoms with E-state index in [9.17, 15) is 14.4 Å². The Morgan fingerprint density at radius 2 is 1.80 bits per heavy atom. The average molecular weight is 347 g/mol. The summed E-state index contributed by atoms with van der Waals surface area (Å²) in [5.41, 5.74) is 0.752. The summed E-state index contributed by atoms with van der Waals surface area (Å²) >= 11 is 0. The number of amides is 3. The van der Waals surface area contributed by atoms with Crippen molar-refractivity contribution in [3.05, 3.63) is 42.0 Å². The van der Waals surface area contributed by atoms with Crippen molar-refractivity contribution in [1.29, 1.82) is 0 Å². The largest absolute Gasteiger partial charge is 0.444 e. The fraction of sp³-hybridized carbons (Fsp3) is 0.389. The molecule has 0 heterocycles. The highest BCUT2D eigenvalue weighted by molar-refractivity contribution is 5.99. The number of rotatable bonds is 6. The van der Waals surface area contributed by atoms with E-state index in [-0.39, 0.29) is 24.9 Å². The summed E-state index contributed by atoms with van der Waals surface area (Å²) in [6.45, 7) is 7.01. The van der Waals surface area contributed by atoms with Crippen LogP contribution in [-0.4, -0.2) is 30.1 Å². The monoisotopic (exact) mass is 347 g/mol. The van der Waals surface area contributed by atoms with E-state index in [1.807, 2.05) is 6.07 Å². The number of allylic oxidation sites excluding steroid dienone is 1. The van der Waals surface area contributed by atoms with Gasteiger partial charge in [-0.15, -0.1) is 0 Å². The lowest BCUT2D eigenvalue weighted by Gasteiger charge is -2.19. The SMILES string of the molecule is C/C=C/C(=O)Nc1ccccc1CNC(=O)CNC(=O)OC(C)(C)C. The van der Waals surface area contributed by atoms with E-state index in [0.29, 0.717) is 5.69 Å². The Morgan fingerprint density at radius 1 is 1.12 bits per heavy atom. The molecular formula is C18H25N3O4. The summed E-state index contributed by atoms with van der Waals surface area (Å²) in [6, 6.07) is 7.15. The van der Waals surface area contributed by atoms with Crippen LogP contribution < -0.4 is 16.0 Å². The van der Waals surface area contributed by atoms with Crippen LogP contribution in [0.4, 0.5) is 10.5 Å². The van der Waals surface area contributed by atoms with Crippen molar-refractivity contribution in [1.82, 2.24) is 10.6 Å². The maximum atomic E-state index is 11.8. The van der Waals surface area contributed by atoms with Gasteiger partial charge in [-0.1, -0.05) is 24.3 Å². The first-order valence-electron chi connectivity index (χ1n) is 7.96. The van der Waals surface area contributed by atoms with Crippen LogP contribution in [0.2, 0.25) is 0 Å². The van der Waals surface area contributed by atoms with Gasteiger partial charge >= 0.3 is 6.09 Å². The summed E-state index contributed by atoms with van der Waals surface area (Å²) in [6.07, 6.45) is 2.41. The zero-order valence-electron chi connectivity index (χ0n) is 15.0. The van der Waals surface area contributed by atoms with E-state index >= 15 is 0 Å². The van der Waals surface area contributed by atoms with Crippen LogP contribution in [0.15, 0.2) is 36.4 Å². The molecule has 0 spiro atoms. The maximum absolute atomic E-state index is 11.8.